The van der Waals surface area contributed by atoms with Crippen LogP contribution in [-0.4, -0.2) is 17.4 Å². The van der Waals surface area contributed by atoms with Crippen LogP contribution in [0.15, 0.2) is 0 Å². The van der Waals surface area contributed by atoms with Crippen molar-refractivity contribution in [3.8, 4) is 0 Å². The van der Waals surface area contributed by atoms with E-state index in [1.807, 2.05) is 0 Å². The molecule has 0 atom stereocenters. The van der Waals surface area contributed by atoms with Crippen LogP contribution in [0, 0.1) is 0 Å². The first-order valence-corrected chi connectivity index (χ1v) is 0. The van der Waals surface area contributed by atoms with E-state index in [4.69, 9.17) is 0 Å². The summed E-state index contributed by atoms with van der Waals surface area (Å²) in [5.74, 6) is 0. The molecule has 0 nitrogen and oxygen atoms in total. The summed E-state index contributed by atoms with van der Waals surface area (Å²) in [6, 6.07) is 0. The van der Waals surface area contributed by atoms with E-state index in [1.54, 1.807) is 0 Å². The van der Waals surface area contributed by atoms with Crippen LogP contribution in [0.4, 0.5) is 0 Å². The fourth-order valence-corrected chi connectivity index (χ4v) is 0. The van der Waals surface area contributed by atoms with Crippen molar-refractivity contribution in [2.45, 2.75) is 0 Å². The first-order chi connectivity index (χ1) is 0. The van der Waals surface area contributed by atoms with Gasteiger partial charge in [0, 0.05) is 84.8 Å². The average molecular weight is 263 g/mol. The predicted octanol–water partition coefficient (Wildman–Crippen LogP) is -0.391. The van der Waals surface area contributed by atoms with Crippen LogP contribution in [0.3, 0.4) is 0 Å². The molecule has 0 aliphatic rings. The Morgan fingerprint density at radius 3 is 1.00 bits per heavy atom. The van der Waals surface area contributed by atoms with Crippen molar-refractivity contribution in [3.63, 3.8) is 0 Å². The summed E-state index contributed by atoms with van der Waals surface area (Å²) in [6.45, 7) is 0. The Hall–Kier alpha value is 2.57. The van der Waals surface area contributed by atoms with Gasteiger partial charge in [0.15, 0.2) is 0 Å². The number of hydrogen-bond acceptors (Lipinski definition) is 0. The van der Waals surface area contributed by atoms with Crippen LogP contribution < -0.4 is 0 Å². The zero-order valence-electron chi connectivity index (χ0n) is 1.91. The van der Waals surface area contributed by atoms with Gasteiger partial charge in [-0.15, -0.1) is 0 Å². The van der Waals surface area contributed by atoms with E-state index in [-0.39, 0.29) is 84.8 Å². The SMILES string of the molecule is [Al].[Co].[Cu].[Mn].[Ni]. The molecule has 0 N–H and O–H groups in total. The van der Waals surface area contributed by atoms with Gasteiger partial charge in [-0.1, -0.05) is 0 Å². The van der Waals surface area contributed by atoms with Crippen molar-refractivity contribution in [1.82, 2.24) is 0 Å². The van der Waals surface area contributed by atoms with Crippen LogP contribution in [0.25, 0.3) is 0 Å². The van der Waals surface area contributed by atoms with Crippen LogP contribution in [0.2, 0.25) is 0 Å². The van der Waals surface area contributed by atoms with E-state index in [0.717, 1.165) is 0 Å². The minimum atomic E-state index is 0. The molecular formula is AlCoCuMnNi. The van der Waals surface area contributed by atoms with Crippen molar-refractivity contribution >= 4 is 17.4 Å². The van der Waals surface area contributed by atoms with Crippen molar-refractivity contribution < 1.29 is 67.4 Å². The Balaban J connectivity index is 0. The third-order valence-corrected chi connectivity index (χ3v) is 0. The molecule has 0 aromatic rings. The van der Waals surface area contributed by atoms with E-state index in [9.17, 15) is 0 Å². The molecule has 0 saturated carbocycles. The van der Waals surface area contributed by atoms with Gasteiger partial charge in [-0.3, -0.25) is 0 Å². The average Bonchev–Trinajstić information content (AvgIpc) is 0. The number of rotatable bonds is 0. The second kappa shape index (κ2) is 30.8. The van der Waals surface area contributed by atoms with Crippen LogP contribution in [-0.2, 0) is 67.4 Å². The van der Waals surface area contributed by atoms with E-state index < -0.39 is 0 Å². The van der Waals surface area contributed by atoms with Crippen LogP contribution in [0.1, 0.15) is 0 Å². The molecule has 0 amide bonds. The van der Waals surface area contributed by atoms with Gasteiger partial charge < -0.3 is 0 Å². The molecule has 0 bridgehead atoms. The Morgan fingerprint density at radius 2 is 1.00 bits per heavy atom. The monoisotopic (exact) mass is 262 g/mol. The van der Waals surface area contributed by atoms with Gasteiger partial charge in [-0.25, -0.2) is 0 Å². The van der Waals surface area contributed by atoms with Crippen molar-refractivity contribution in [2.24, 2.45) is 0 Å². The zero-order valence-corrected chi connectivity index (χ0v) is 7.21. The van der Waals surface area contributed by atoms with Crippen molar-refractivity contribution in [1.29, 1.82) is 0 Å². The third kappa shape index (κ3) is 20.8. The topological polar surface area (TPSA) is 0 Å². The molecule has 0 aromatic heterocycles. The van der Waals surface area contributed by atoms with Crippen LogP contribution >= 0.6 is 0 Å². The molecule has 0 rings (SSSR count). The molecule has 0 saturated heterocycles. The Labute approximate surface area is 83.8 Å². The smallest absolute Gasteiger partial charge is 0 e. The summed E-state index contributed by atoms with van der Waals surface area (Å²) in [6.07, 6.45) is 0. The summed E-state index contributed by atoms with van der Waals surface area (Å²) in [4.78, 5) is 0. The minimum Gasteiger partial charge on any atom is 0 e. The van der Waals surface area contributed by atoms with Gasteiger partial charge in [0.25, 0.3) is 0 Å². The molecule has 0 aliphatic heterocycles. The predicted molar refractivity (Wildman–Crippen MR) is 5.75 cm³/mol. The number of hydrogen-bond donors (Lipinski definition) is 0. The third-order valence-electron chi connectivity index (χ3n) is 0. The summed E-state index contributed by atoms with van der Waals surface area (Å²) in [5.41, 5.74) is 0. The van der Waals surface area contributed by atoms with Gasteiger partial charge in [0.2, 0.25) is 0 Å². The normalized spacial score (nSPS) is 0. The van der Waals surface area contributed by atoms with E-state index in [2.05, 4.69) is 0 Å². The second-order valence-electron chi connectivity index (χ2n) is 0. The van der Waals surface area contributed by atoms with E-state index in [1.165, 1.54) is 0 Å². The Bertz CT molecular complexity index is 11.6. The van der Waals surface area contributed by atoms with E-state index >= 15 is 0 Å². The zero-order chi connectivity index (χ0) is 0. The van der Waals surface area contributed by atoms with Crippen molar-refractivity contribution in [2.75, 3.05) is 0 Å². The quantitative estimate of drug-likeness (QED) is 0.522. The van der Waals surface area contributed by atoms with Gasteiger partial charge in [0.05, 0.1) is 0 Å². The van der Waals surface area contributed by atoms with Gasteiger partial charge >= 0.3 is 0 Å². The Kier molecular flexibility index (Phi) is 305. The fourth-order valence-electron chi connectivity index (χ4n) is 0. The van der Waals surface area contributed by atoms with Gasteiger partial charge in [-0.05, 0) is 0 Å². The van der Waals surface area contributed by atoms with Gasteiger partial charge in [-0.2, -0.15) is 0 Å². The standard InChI is InChI=1S/Al.Co.Cu.Mn.Ni. The summed E-state index contributed by atoms with van der Waals surface area (Å²) >= 11 is 0. The molecule has 0 fully saturated rings. The van der Waals surface area contributed by atoms with E-state index in [0.29, 0.717) is 0 Å². The molecule has 0 heterocycles. The largest absolute Gasteiger partial charge is 0 e. The second-order valence-corrected chi connectivity index (χ2v) is 0. The molecule has 40 valence electrons. The first-order valence-electron chi connectivity index (χ1n) is 0. The summed E-state index contributed by atoms with van der Waals surface area (Å²) < 4.78 is 0. The molecule has 0 aromatic carbocycles. The maximum atomic E-state index is 0. The first kappa shape index (κ1) is 49.4. The van der Waals surface area contributed by atoms with Crippen molar-refractivity contribution in [3.05, 3.63) is 0 Å². The molecule has 0 spiro atoms. The summed E-state index contributed by atoms with van der Waals surface area (Å²) in [7, 11) is 0. The van der Waals surface area contributed by atoms with Gasteiger partial charge in [0.1, 0.15) is 0 Å². The summed E-state index contributed by atoms with van der Waals surface area (Å²) in [5, 5.41) is 0. The fraction of sp³-hybridized carbons (Fsp3) is 0. The molecule has 6 radical (unpaired) electrons. The minimum absolute atomic E-state index is 0. The molecule has 5 heavy (non-hydrogen) atoms. The molecule has 5 heteroatoms. The Morgan fingerprint density at radius 1 is 1.00 bits per heavy atom. The van der Waals surface area contributed by atoms with Crippen LogP contribution in [0.5, 0.6) is 0 Å². The maximum Gasteiger partial charge on any atom is 0 e. The molecule has 0 unspecified atom stereocenters. The maximum absolute atomic E-state index is 0. The molecular weight excluding hydrogens is 263 g/mol. The molecule has 0 aliphatic carbocycles.